The van der Waals surface area contributed by atoms with Crippen LogP contribution in [0.5, 0.6) is 0 Å². The molecule has 1 aromatic rings. The van der Waals surface area contributed by atoms with Crippen molar-refractivity contribution < 1.29 is 0 Å². The number of rotatable bonds is 3. The molecule has 2 heteroatoms. The van der Waals surface area contributed by atoms with E-state index < -0.39 is 0 Å². The molecule has 4 aliphatic rings. The molecule has 0 radical (unpaired) electrons. The van der Waals surface area contributed by atoms with Gasteiger partial charge in [-0.1, -0.05) is 28.9 Å². The van der Waals surface area contributed by atoms with Crippen molar-refractivity contribution in [2.24, 2.45) is 29.6 Å². The number of alkyl halides is 1. The maximum absolute atomic E-state index is 4.58. The van der Waals surface area contributed by atoms with E-state index in [0.29, 0.717) is 10.7 Å². The van der Waals surface area contributed by atoms with Gasteiger partial charge in [0.25, 0.3) is 0 Å². The van der Waals surface area contributed by atoms with Gasteiger partial charge in [0.15, 0.2) is 0 Å². The lowest BCUT2D eigenvalue weighted by Gasteiger charge is -2.56. The van der Waals surface area contributed by atoms with E-state index in [-0.39, 0.29) is 0 Å². The molecule has 4 aliphatic carbocycles. The second-order valence-electron chi connectivity index (χ2n) is 7.50. The van der Waals surface area contributed by atoms with Gasteiger partial charge in [-0.05, 0) is 73.8 Å². The number of hydrogen-bond acceptors (Lipinski definition) is 1. The number of hydrogen-bond donors (Lipinski definition) is 0. The Kier molecular flexibility index (Phi) is 3.41. The fraction of sp³-hybridized carbons (Fsp3) is 0.722. The maximum atomic E-state index is 4.58. The molecule has 4 saturated carbocycles. The van der Waals surface area contributed by atoms with Gasteiger partial charge in [0.1, 0.15) is 0 Å². The summed E-state index contributed by atoms with van der Waals surface area (Å²) in [4.78, 5) is 5.19. The van der Waals surface area contributed by atoms with Crippen LogP contribution in [0, 0.1) is 29.6 Å². The zero-order valence-corrected chi connectivity index (χ0v) is 13.8. The van der Waals surface area contributed by atoms with Gasteiger partial charge in [0, 0.05) is 22.6 Å². The van der Waals surface area contributed by atoms with Crippen LogP contribution >= 0.6 is 15.9 Å². The molecule has 1 heterocycles. The van der Waals surface area contributed by atoms with E-state index in [1.165, 1.54) is 31.4 Å². The normalized spacial score (nSPS) is 41.6. The molecule has 2 atom stereocenters. The predicted octanol–water partition coefficient (Wildman–Crippen LogP) is 5.02. The van der Waals surface area contributed by atoms with Gasteiger partial charge < -0.3 is 0 Å². The van der Waals surface area contributed by atoms with Crippen LogP contribution < -0.4 is 0 Å². The highest BCUT2D eigenvalue weighted by molar-refractivity contribution is 9.09. The van der Waals surface area contributed by atoms with Gasteiger partial charge in [-0.2, -0.15) is 0 Å². The predicted molar refractivity (Wildman–Crippen MR) is 85.9 cm³/mol. The lowest BCUT2D eigenvalue weighted by Crippen LogP contribution is -2.49. The molecule has 4 bridgehead atoms. The summed E-state index contributed by atoms with van der Waals surface area (Å²) >= 11 is 4.09. The van der Waals surface area contributed by atoms with Crippen molar-refractivity contribution in [2.75, 3.05) is 0 Å². The van der Waals surface area contributed by atoms with Gasteiger partial charge in [-0.3, -0.25) is 4.98 Å². The third-order valence-electron chi connectivity index (χ3n) is 6.30. The van der Waals surface area contributed by atoms with Crippen LogP contribution in [0.15, 0.2) is 24.4 Å². The summed E-state index contributed by atoms with van der Waals surface area (Å²) in [6.07, 6.45) is 9.51. The number of halogens is 1. The smallest absolute Gasteiger partial charge is 0.0443 e. The topological polar surface area (TPSA) is 12.9 Å². The molecular weight excluding hydrogens is 310 g/mol. The van der Waals surface area contributed by atoms with E-state index in [9.17, 15) is 0 Å². The zero-order chi connectivity index (χ0) is 13.7. The number of nitrogens with zero attached hydrogens (tertiary/aromatic N) is 1. The second kappa shape index (κ2) is 5.12. The maximum Gasteiger partial charge on any atom is 0.0443 e. The van der Waals surface area contributed by atoms with E-state index in [0.717, 1.165) is 29.6 Å². The SMILES string of the molecule is CC(c1ccccn1)C(Br)C1C2CC3CC(C2)CC1C3. The molecule has 2 unspecified atom stereocenters. The van der Waals surface area contributed by atoms with E-state index >= 15 is 0 Å². The van der Waals surface area contributed by atoms with E-state index in [1.54, 1.807) is 6.42 Å². The minimum atomic E-state index is 0.527. The Bertz CT molecular complexity index is 444. The highest BCUT2D eigenvalue weighted by atomic mass is 79.9. The molecule has 4 fully saturated rings. The minimum Gasteiger partial charge on any atom is -0.261 e. The second-order valence-corrected chi connectivity index (χ2v) is 8.55. The standard InChI is InChI=1S/C18H24BrN/c1-11(16-4-2-3-5-20-16)18(19)17-14-7-12-6-13(9-14)10-15(17)8-12/h2-5,11-15,17-18H,6-10H2,1H3. The first-order valence-corrected chi connectivity index (χ1v) is 9.19. The van der Waals surface area contributed by atoms with Crippen LogP contribution in [0.3, 0.4) is 0 Å². The molecule has 0 spiro atoms. The Balaban J connectivity index is 1.55. The van der Waals surface area contributed by atoms with E-state index in [2.05, 4.69) is 40.0 Å². The van der Waals surface area contributed by atoms with Crippen molar-refractivity contribution in [1.82, 2.24) is 4.98 Å². The first kappa shape index (κ1) is 13.3. The lowest BCUT2D eigenvalue weighted by molar-refractivity contribution is -0.0381. The van der Waals surface area contributed by atoms with Crippen LogP contribution in [0.4, 0.5) is 0 Å². The molecule has 0 amide bonds. The van der Waals surface area contributed by atoms with Gasteiger partial charge in [-0.25, -0.2) is 0 Å². The van der Waals surface area contributed by atoms with Crippen LogP contribution in [0.25, 0.3) is 0 Å². The van der Waals surface area contributed by atoms with E-state index in [1.807, 2.05) is 12.3 Å². The van der Waals surface area contributed by atoms with Crippen LogP contribution in [-0.4, -0.2) is 9.81 Å². The van der Waals surface area contributed by atoms with E-state index in [4.69, 9.17) is 0 Å². The summed E-state index contributed by atoms with van der Waals surface area (Å²) in [6, 6.07) is 6.33. The van der Waals surface area contributed by atoms with Crippen LogP contribution in [0.2, 0.25) is 0 Å². The van der Waals surface area contributed by atoms with Crippen molar-refractivity contribution in [3.05, 3.63) is 30.1 Å². The van der Waals surface area contributed by atoms with Crippen molar-refractivity contribution >= 4 is 15.9 Å². The minimum absolute atomic E-state index is 0.527. The molecule has 0 aromatic carbocycles. The Morgan fingerprint density at radius 1 is 1.05 bits per heavy atom. The summed E-state index contributed by atoms with van der Waals surface area (Å²) in [6.45, 7) is 2.35. The third kappa shape index (κ3) is 2.15. The lowest BCUT2D eigenvalue weighted by atomic mass is 9.50. The summed E-state index contributed by atoms with van der Waals surface area (Å²) in [7, 11) is 0. The molecule has 1 aromatic heterocycles. The fourth-order valence-corrected chi connectivity index (χ4v) is 6.76. The first-order valence-electron chi connectivity index (χ1n) is 8.27. The van der Waals surface area contributed by atoms with Crippen molar-refractivity contribution in [2.45, 2.75) is 49.8 Å². The Morgan fingerprint density at radius 3 is 2.25 bits per heavy atom. The summed E-state index contributed by atoms with van der Waals surface area (Å²) < 4.78 is 0. The van der Waals surface area contributed by atoms with Gasteiger partial charge in [0.05, 0.1) is 0 Å². The molecular formula is C18H24BrN. The average molecular weight is 334 g/mol. The molecule has 20 heavy (non-hydrogen) atoms. The quantitative estimate of drug-likeness (QED) is 0.707. The monoisotopic (exact) mass is 333 g/mol. The fourth-order valence-electron chi connectivity index (χ4n) is 5.63. The highest BCUT2D eigenvalue weighted by Gasteiger charge is 2.50. The molecule has 5 rings (SSSR count). The Labute approximate surface area is 130 Å². The zero-order valence-electron chi connectivity index (χ0n) is 12.2. The van der Waals surface area contributed by atoms with Gasteiger partial charge >= 0.3 is 0 Å². The molecule has 108 valence electrons. The van der Waals surface area contributed by atoms with Crippen molar-refractivity contribution in [3.8, 4) is 0 Å². The summed E-state index contributed by atoms with van der Waals surface area (Å²) in [5, 5.41) is 0. The van der Waals surface area contributed by atoms with Gasteiger partial charge in [-0.15, -0.1) is 0 Å². The first-order chi connectivity index (χ1) is 9.72. The largest absolute Gasteiger partial charge is 0.261 e. The molecule has 0 saturated heterocycles. The summed E-state index contributed by atoms with van der Waals surface area (Å²) in [5.74, 6) is 5.53. The highest BCUT2D eigenvalue weighted by Crippen LogP contribution is 2.59. The van der Waals surface area contributed by atoms with Crippen LogP contribution in [0.1, 0.15) is 50.6 Å². The van der Waals surface area contributed by atoms with Crippen molar-refractivity contribution in [1.29, 1.82) is 0 Å². The molecule has 0 N–H and O–H groups in total. The average Bonchev–Trinajstić information content (AvgIpc) is 2.46. The van der Waals surface area contributed by atoms with Crippen LogP contribution in [-0.2, 0) is 0 Å². The number of aromatic nitrogens is 1. The molecule has 0 aliphatic heterocycles. The Morgan fingerprint density at radius 2 is 1.70 bits per heavy atom. The summed E-state index contributed by atoms with van der Waals surface area (Å²) in [5.41, 5.74) is 1.25. The Hall–Kier alpha value is -0.370. The number of pyridine rings is 1. The third-order valence-corrected chi connectivity index (χ3v) is 7.70. The molecule has 1 nitrogen and oxygen atoms in total. The van der Waals surface area contributed by atoms with Gasteiger partial charge in [0.2, 0.25) is 0 Å². The van der Waals surface area contributed by atoms with Crippen molar-refractivity contribution in [3.63, 3.8) is 0 Å².